The number of aromatic nitrogens is 1. The highest BCUT2D eigenvalue weighted by Gasteiger charge is 2.21. The molecule has 5 heteroatoms. The molecule has 1 amide bonds. The minimum Gasteiger partial charge on any atom is -0.397 e. The first-order valence-electron chi connectivity index (χ1n) is 5.70. The van der Waals surface area contributed by atoms with Crippen molar-refractivity contribution in [2.24, 2.45) is 0 Å². The number of aliphatic hydroxyl groups is 1. The Labute approximate surface area is 101 Å². The SMILES string of the molecule is CC(C)N(CCCO)C(=O)c1ncccc1N. The van der Waals surface area contributed by atoms with Gasteiger partial charge in [-0.25, -0.2) is 4.98 Å². The third-order valence-electron chi connectivity index (χ3n) is 2.48. The average Bonchev–Trinajstić information content (AvgIpc) is 2.29. The van der Waals surface area contributed by atoms with Crippen LogP contribution in [0.4, 0.5) is 5.69 Å². The minimum absolute atomic E-state index is 0.0513. The van der Waals surface area contributed by atoms with Gasteiger partial charge in [-0.05, 0) is 32.4 Å². The summed E-state index contributed by atoms with van der Waals surface area (Å²) in [7, 11) is 0. The molecule has 0 atom stereocenters. The zero-order chi connectivity index (χ0) is 12.8. The van der Waals surface area contributed by atoms with Crippen molar-refractivity contribution in [1.82, 2.24) is 9.88 Å². The third kappa shape index (κ3) is 3.42. The molecular formula is C12H19N3O2. The molecule has 1 aromatic heterocycles. The molecular weight excluding hydrogens is 218 g/mol. The van der Waals surface area contributed by atoms with Crippen molar-refractivity contribution < 1.29 is 9.90 Å². The average molecular weight is 237 g/mol. The Morgan fingerprint density at radius 2 is 2.29 bits per heavy atom. The van der Waals surface area contributed by atoms with E-state index in [4.69, 9.17) is 10.8 Å². The largest absolute Gasteiger partial charge is 0.397 e. The zero-order valence-corrected chi connectivity index (χ0v) is 10.3. The quantitative estimate of drug-likeness (QED) is 0.797. The number of aliphatic hydroxyl groups excluding tert-OH is 1. The smallest absolute Gasteiger partial charge is 0.274 e. The summed E-state index contributed by atoms with van der Waals surface area (Å²) in [4.78, 5) is 17.9. The Morgan fingerprint density at radius 1 is 1.59 bits per heavy atom. The van der Waals surface area contributed by atoms with Gasteiger partial charge in [0.05, 0.1) is 5.69 Å². The standard InChI is InChI=1S/C12H19N3O2/c1-9(2)15(7-4-8-16)12(17)11-10(13)5-3-6-14-11/h3,5-6,9,16H,4,7-8,13H2,1-2H3. The summed E-state index contributed by atoms with van der Waals surface area (Å²) in [5, 5.41) is 8.83. The number of hydrogen-bond acceptors (Lipinski definition) is 4. The Kier molecular flexibility index (Phi) is 4.90. The molecule has 3 N–H and O–H groups in total. The van der Waals surface area contributed by atoms with Crippen LogP contribution in [0.15, 0.2) is 18.3 Å². The summed E-state index contributed by atoms with van der Waals surface area (Å²) >= 11 is 0. The fraction of sp³-hybridized carbons (Fsp3) is 0.500. The van der Waals surface area contributed by atoms with E-state index in [0.29, 0.717) is 18.7 Å². The summed E-state index contributed by atoms with van der Waals surface area (Å²) in [5.74, 6) is -0.188. The lowest BCUT2D eigenvalue weighted by Crippen LogP contribution is -2.38. The zero-order valence-electron chi connectivity index (χ0n) is 10.3. The molecule has 17 heavy (non-hydrogen) atoms. The maximum absolute atomic E-state index is 12.2. The van der Waals surface area contributed by atoms with Gasteiger partial charge >= 0.3 is 0 Å². The predicted molar refractivity (Wildman–Crippen MR) is 66.5 cm³/mol. The first-order chi connectivity index (χ1) is 8.07. The molecule has 1 heterocycles. The second-order valence-electron chi connectivity index (χ2n) is 4.11. The second kappa shape index (κ2) is 6.20. The molecule has 0 fully saturated rings. The fourth-order valence-electron chi connectivity index (χ4n) is 1.57. The van der Waals surface area contributed by atoms with Crippen molar-refractivity contribution in [1.29, 1.82) is 0 Å². The van der Waals surface area contributed by atoms with Crippen LogP contribution in [0.3, 0.4) is 0 Å². The summed E-state index contributed by atoms with van der Waals surface area (Å²) < 4.78 is 0. The molecule has 0 saturated heterocycles. The van der Waals surface area contributed by atoms with E-state index in [-0.39, 0.29) is 24.2 Å². The molecule has 5 nitrogen and oxygen atoms in total. The van der Waals surface area contributed by atoms with Crippen molar-refractivity contribution >= 4 is 11.6 Å². The van der Waals surface area contributed by atoms with Gasteiger partial charge in [0.15, 0.2) is 5.69 Å². The van der Waals surface area contributed by atoms with Crippen LogP contribution in [0.5, 0.6) is 0 Å². The summed E-state index contributed by atoms with van der Waals surface area (Å²) in [6, 6.07) is 3.40. The second-order valence-corrected chi connectivity index (χ2v) is 4.11. The fourth-order valence-corrected chi connectivity index (χ4v) is 1.57. The molecule has 0 saturated carbocycles. The van der Waals surface area contributed by atoms with Gasteiger partial charge in [0.1, 0.15) is 0 Å². The molecule has 1 aromatic rings. The van der Waals surface area contributed by atoms with Crippen LogP contribution in [0.2, 0.25) is 0 Å². The van der Waals surface area contributed by atoms with Crippen LogP contribution in [0, 0.1) is 0 Å². The molecule has 94 valence electrons. The van der Waals surface area contributed by atoms with Gasteiger partial charge in [-0.2, -0.15) is 0 Å². The summed E-state index contributed by atoms with van der Waals surface area (Å²) in [6.07, 6.45) is 2.10. The molecule has 1 rings (SSSR count). The summed E-state index contributed by atoms with van der Waals surface area (Å²) in [6.45, 7) is 4.42. The van der Waals surface area contributed by atoms with Gasteiger partial charge in [-0.1, -0.05) is 0 Å². The first kappa shape index (κ1) is 13.4. The number of nitrogens with zero attached hydrogens (tertiary/aromatic N) is 2. The van der Waals surface area contributed by atoms with Crippen LogP contribution in [-0.2, 0) is 0 Å². The first-order valence-corrected chi connectivity index (χ1v) is 5.70. The molecule has 0 bridgehead atoms. The molecule has 0 unspecified atom stereocenters. The lowest BCUT2D eigenvalue weighted by Gasteiger charge is -2.26. The predicted octanol–water partition coefficient (Wildman–Crippen LogP) is 0.897. The van der Waals surface area contributed by atoms with E-state index in [1.807, 2.05) is 13.8 Å². The van der Waals surface area contributed by atoms with Crippen LogP contribution in [-0.4, -0.2) is 40.1 Å². The molecule has 0 aliphatic rings. The number of rotatable bonds is 5. The maximum Gasteiger partial charge on any atom is 0.274 e. The van der Waals surface area contributed by atoms with Crippen molar-refractivity contribution in [3.05, 3.63) is 24.0 Å². The van der Waals surface area contributed by atoms with E-state index < -0.39 is 0 Å². The number of carbonyl (C=O) groups is 1. The molecule has 0 spiro atoms. The monoisotopic (exact) mass is 237 g/mol. The van der Waals surface area contributed by atoms with E-state index in [0.717, 1.165) is 0 Å². The van der Waals surface area contributed by atoms with Gasteiger partial charge in [0.2, 0.25) is 0 Å². The molecule has 0 radical (unpaired) electrons. The van der Waals surface area contributed by atoms with Crippen molar-refractivity contribution in [3.8, 4) is 0 Å². The van der Waals surface area contributed by atoms with Crippen molar-refractivity contribution in [2.75, 3.05) is 18.9 Å². The van der Waals surface area contributed by atoms with E-state index in [1.54, 1.807) is 23.2 Å². The van der Waals surface area contributed by atoms with Crippen LogP contribution >= 0.6 is 0 Å². The van der Waals surface area contributed by atoms with E-state index in [1.165, 1.54) is 0 Å². The number of nitrogens with two attached hydrogens (primary N) is 1. The number of pyridine rings is 1. The number of carbonyl (C=O) groups excluding carboxylic acids is 1. The highest BCUT2D eigenvalue weighted by Crippen LogP contribution is 2.13. The lowest BCUT2D eigenvalue weighted by molar-refractivity contribution is 0.0688. The van der Waals surface area contributed by atoms with E-state index in [9.17, 15) is 4.79 Å². The van der Waals surface area contributed by atoms with Crippen LogP contribution in [0.1, 0.15) is 30.8 Å². The molecule has 0 aromatic carbocycles. The highest BCUT2D eigenvalue weighted by atomic mass is 16.3. The Bertz CT molecular complexity index is 380. The number of nitrogen functional groups attached to an aromatic ring is 1. The van der Waals surface area contributed by atoms with Crippen LogP contribution < -0.4 is 5.73 Å². The molecule has 0 aliphatic carbocycles. The van der Waals surface area contributed by atoms with Gasteiger partial charge < -0.3 is 15.7 Å². The van der Waals surface area contributed by atoms with Gasteiger partial charge in [0.25, 0.3) is 5.91 Å². The number of anilines is 1. The Balaban J connectivity index is 2.88. The number of hydrogen-bond donors (Lipinski definition) is 2. The van der Waals surface area contributed by atoms with Crippen molar-refractivity contribution in [3.63, 3.8) is 0 Å². The topological polar surface area (TPSA) is 79.5 Å². The van der Waals surface area contributed by atoms with Gasteiger partial charge in [0, 0.05) is 25.4 Å². The Hall–Kier alpha value is -1.62. The lowest BCUT2D eigenvalue weighted by atomic mass is 10.2. The number of amides is 1. The van der Waals surface area contributed by atoms with Crippen molar-refractivity contribution in [2.45, 2.75) is 26.3 Å². The minimum atomic E-state index is -0.188. The van der Waals surface area contributed by atoms with Gasteiger partial charge in [-0.3, -0.25) is 4.79 Å². The van der Waals surface area contributed by atoms with E-state index >= 15 is 0 Å². The third-order valence-corrected chi connectivity index (χ3v) is 2.48. The summed E-state index contributed by atoms with van der Waals surface area (Å²) in [5.41, 5.74) is 6.39. The Morgan fingerprint density at radius 3 is 2.82 bits per heavy atom. The normalized spacial score (nSPS) is 10.6. The van der Waals surface area contributed by atoms with Gasteiger partial charge in [-0.15, -0.1) is 0 Å². The van der Waals surface area contributed by atoms with Crippen LogP contribution in [0.25, 0.3) is 0 Å². The maximum atomic E-state index is 12.2. The highest BCUT2D eigenvalue weighted by molar-refractivity contribution is 5.97. The molecule has 0 aliphatic heterocycles. The van der Waals surface area contributed by atoms with E-state index in [2.05, 4.69) is 4.98 Å².